The van der Waals surface area contributed by atoms with Gasteiger partial charge in [0.2, 0.25) is 0 Å². The normalized spacial score (nSPS) is 10.4. The van der Waals surface area contributed by atoms with Gasteiger partial charge in [-0.25, -0.2) is 9.18 Å². The molecule has 2 rings (SSSR count). The van der Waals surface area contributed by atoms with Gasteiger partial charge < -0.3 is 9.47 Å². The second-order valence-corrected chi connectivity index (χ2v) is 5.36. The van der Waals surface area contributed by atoms with Crippen LogP contribution in [0.3, 0.4) is 0 Å². The molecule has 0 aliphatic carbocycles. The first-order valence-electron chi connectivity index (χ1n) is 6.76. The maximum Gasteiger partial charge on any atom is 0.411 e. The van der Waals surface area contributed by atoms with Crippen LogP contribution in [0.5, 0.6) is 0 Å². The minimum Gasteiger partial charge on any atom is -0.447 e. The van der Waals surface area contributed by atoms with E-state index in [0.29, 0.717) is 15.7 Å². The van der Waals surface area contributed by atoms with Gasteiger partial charge in [-0.1, -0.05) is 29.3 Å². The van der Waals surface area contributed by atoms with E-state index in [-0.39, 0.29) is 25.4 Å². The van der Waals surface area contributed by atoms with Crippen molar-refractivity contribution < 1.29 is 18.7 Å². The lowest BCUT2D eigenvalue weighted by Crippen LogP contribution is -2.16. The van der Waals surface area contributed by atoms with Gasteiger partial charge in [0.25, 0.3) is 0 Å². The van der Waals surface area contributed by atoms with Crippen LogP contribution in [0.25, 0.3) is 0 Å². The first kappa shape index (κ1) is 17.5. The lowest BCUT2D eigenvalue weighted by Gasteiger charge is -2.09. The molecule has 0 heterocycles. The standard InChI is InChI=1S/C16H14Cl2FNO3/c17-11-4-6-12(7-5-11)20-16(21)23-9-8-22-10-13-14(18)2-1-3-15(13)19/h1-7H,8-10H2,(H,20,21). The summed E-state index contributed by atoms with van der Waals surface area (Å²) in [6, 6.07) is 11.0. The molecule has 1 amide bonds. The number of halogens is 3. The molecular formula is C16H14Cl2FNO3. The number of carbonyl (C=O) groups is 1. The molecule has 4 nitrogen and oxygen atoms in total. The Kier molecular flexibility index (Phi) is 6.65. The van der Waals surface area contributed by atoms with Gasteiger partial charge >= 0.3 is 6.09 Å². The zero-order chi connectivity index (χ0) is 16.7. The SMILES string of the molecule is O=C(Nc1ccc(Cl)cc1)OCCOCc1c(F)cccc1Cl. The van der Waals surface area contributed by atoms with Gasteiger partial charge in [0.05, 0.1) is 13.2 Å². The van der Waals surface area contributed by atoms with E-state index in [9.17, 15) is 9.18 Å². The topological polar surface area (TPSA) is 47.6 Å². The molecule has 2 aromatic rings. The van der Waals surface area contributed by atoms with Crippen molar-refractivity contribution in [1.29, 1.82) is 0 Å². The van der Waals surface area contributed by atoms with Gasteiger partial charge in [-0.15, -0.1) is 0 Å². The highest BCUT2D eigenvalue weighted by molar-refractivity contribution is 6.31. The van der Waals surface area contributed by atoms with Crippen molar-refractivity contribution in [2.45, 2.75) is 6.61 Å². The smallest absolute Gasteiger partial charge is 0.411 e. The first-order valence-corrected chi connectivity index (χ1v) is 7.52. The molecular weight excluding hydrogens is 344 g/mol. The molecule has 23 heavy (non-hydrogen) atoms. The highest BCUT2D eigenvalue weighted by Gasteiger charge is 2.07. The summed E-state index contributed by atoms with van der Waals surface area (Å²) in [5, 5.41) is 3.41. The summed E-state index contributed by atoms with van der Waals surface area (Å²) in [6.07, 6.45) is -0.611. The van der Waals surface area contributed by atoms with Gasteiger partial charge in [0, 0.05) is 21.3 Å². The summed E-state index contributed by atoms with van der Waals surface area (Å²) < 4.78 is 23.7. The maximum absolute atomic E-state index is 13.5. The van der Waals surface area contributed by atoms with Crippen LogP contribution >= 0.6 is 23.2 Å². The molecule has 0 saturated heterocycles. The fourth-order valence-corrected chi connectivity index (χ4v) is 2.07. The molecule has 0 saturated carbocycles. The molecule has 0 aliphatic rings. The number of anilines is 1. The zero-order valence-corrected chi connectivity index (χ0v) is 13.5. The molecule has 0 aromatic heterocycles. The number of benzene rings is 2. The average molecular weight is 358 g/mol. The Morgan fingerprint density at radius 3 is 2.52 bits per heavy atom. The highest BCUT2D eigenvalue weighted by atomic mass is 35.5. The predicted octanol–water partition coefficient (Wildman–Crippen LogP) is 4.90. The van der Waals surface area contributed by atoms with Crippen LogP contribution in [0.1, 0.15) is 5.56 Å². The van der Waals surface area contributed by atoms with Crippen molar-refractivity contribution in [1.82, 2.24) is 0 Å². The second-order valence-electron chi connectivity index (χ2n) is 4.52. The van der Waals surface area contributed by atoms with E-state index in [1.54, 1.807) is 30.3 Å². The Bertz CT molecular complexity index is 645. The molecule has 1 N–H and O–H groups in total. The number of amides is 1. The lowest BCUT2D eigenvalue weighted by atomic mass is 10.2. The van der Waals surface area contributed by atoms with Crippen LogP contribution in [0.4, 0.5) is 14.9 Å². The quantitative estimate of drug-likeness (QED) is 0.748. The Hall–Kier alpha value is -1.82. The number of ether oxygens (including phenoxy) is 2. The zero-order valence-electron chi connectivity index (χ0n) is 12.0. The van der Waals surface area contributed by atoms with E-state index in [4.69, 9.17) is 32.7 Å². The van der Waals surface area contributed by atoms with Crippen molar-refractivity contribution in [3.63, 3.8) is 0 Å². The van der Waals surface area contributed by atoms with Crippen molar-refractivity contribution in [2.75, 3.05) is 18.5 Å². The minimum atomic E-state index is -0.611. The molecule has 122 valence electrons. The summed E-state index contributed by atoms with van der Waals surface area (Å²) in [5.74, 6) is -0.432. The van der Waals surface area contributed by atoms with Gasteiger partial charge in [-0.2, -0.15) is 0 Å². The predicted molar refractivity (Wildman–Crippen MR) is 87.5 cm³/mol. The number of rotatable bonds is 6. The van der Waals surface area contributed by atoms with E-state index in [1.165, 1.54) is 12.1 Å². The van der Waals surface area contributed by atoms with E-state index in [2.05, 4.69) is 5.32 Å². The fraction of sp³-hybridized carbons (Fsp3) is 0.188. The number of hydrogen-bond acceptors (Lipinski definition) is 3. The van der Waals surface area contributed by atoms with E-state index in [1.807, 2.05) is 0 Å². The molecule has 2 aromatic carbocycles. The minimum absolute atomic E-state index is 0.00761. The Morgan fingerprint density at radius 2 is 1.83 bits per heavy atom. The van der Waals surface area contributed by atoms with Crippen LogP contribution in [0, 0.1) is 5.82 Å². The van der Waals surface area contributed by atoms with Crippen LogP contribution < -0.4 is 5.32 Å². The van der Waals surface area contributed by atoms with Crippen LogP contribution in [0.15, 0.2) is 42.5 Å². The van der Waals surface area contributed by atoms with Crippen molar-refractivity contribution in [3.8, 4) is 0 Å². The summed E-state index contributed by atoms with van der Waals surface area (Å²) in [5.41, 5.74) is 0.846. The molecule has 0 fully saturated rings. The monoisotopic (exact) mass is 357 g/mol. The Balaban J connectivity index is 1.67. The number of hydrogen-bond donors (Lipinski definition) is 1. The highest BCUT2D eigenvalue weighted by Crippen LogP contribution is 2.19. The van der Waals surface area contributed by atoms with E-state index < -0.39 is 11.9 Å². The summed E-state index contributed by atoms with van der Waals surface area (Å²) >= 11 is 11.6. The largest absolute Gasteiger partial charge is 0.447 e. The molecule has 0 aliphatic heterocycles. The first-order chi connectivity index (χ1) is 11.1. The third kappa shape index (κ3) is 5.71. The van der Waals surface area contributed by atoms with E-state index >= 15 is 0 Å². The van der Waals surface area contributed by atoms with Crippen molar-refractivity contribution in [3.05, 3.63) is 63.9 Å². The second kappa shape index (κ2) is 8.72. The molecule has 0 atom stereocenters. The average Bonchev–Trinajstić information content (AvgIpc) is 2.52. The van der Waals surface area contributed by atoms with Crippen LogP contribution in [0.2, 0.25) is 10.0 Å². The summed E-state index contributed by atoms with van der Waals surface area (Å²) in [4.78, 5) is 11.5. The Labute approximate surface area is 143 Å². The third-order valence-corrected chi connectivity index (χ3v) is 3.47. The van der Waals surface area contributed by atoms with Gasteiger partial charge in [0.1, 0.15) is 12.4 Å². The fourth-order valence-electron chi connectivity index (χ4n) is 1.72. The van der Waals surface area contributed by atoms with Crippen molar-refractivity contribution in [2.24, 2.45) is 0 Å². The molecule has 0 radical (unpaired) electrons. The van der Waals surface area contributed by atoms with Crippen molar-refractivity contribution >= 4 is 35.0 Å². The summed E-state index contributed by atoms with van der Waals surface area (Å²) in [6.45, 7) is 0.165. The van der Waals surface area contributed by atoms with E-state index in [0.717, 1.165) is 0 Å². The molecule has 0 spiro atoms. The van der Waals surface area contributed by atoms with Crippen LogP contribution in [-0.4, -0.2) is 19.3 Å². The van der Waals surface area contributed by atoms with Gasteiger partial charge in [-0.05, 0) is 36.4 Å². The number of carbonyl (C=O) groups excluding carboxylic acids is 1. The lowest BCUT2D eigenvalue weighted by molar-refractivity contribution is 0.0684. The van der Waals surface area contributed by atoms with Gasteiger partial charge in [-0.3, -0.25) is 5.32 Å². The Morgan fingerprint density at radius 1 is 1.09 bits per heavy atom. The third-order valence-electron chi connectivity index (χ3n) is 2.86. The van der Waals surface area contributed by atoms with Crippen LogP contribution in [-0.2, 0) is 16.1 Å². The molecule has 7 heteroatoms. The molecule has 0 unspecified atom stereocenters. The maximum atomic E-state index is 13.5. The van der Waals surface area contributed by atoms with Gasteiger partial charge in [0.15, 0.2) is 0 Å². The summed E-state index contributed by atoms with van der Waals surface area (Å²) in [7, 11) is 0. The number of nitrogens with one attached hydrogen (secondary N) is 1. The molecule has 0 bridgehead atoms.